The van der Waals surface area contributed by atoms with E-state index in [-0.39, 0.29) is 41.4 Å². The van der Waals surface area contributed by atoms with Crippen LogP contribution in [0.2, 0.25) is 0 Å². The molecule has 1 saturated heterocycles. The lowest BCUT2D eigenvalue weighted by Crippen LogP contribution is -2.65. The van der Waals surface area contributed by atoms with Crippen molar-refractivity contribution in [2.24, 2.45) is 30.0 Å². The molecular weight excluding hydrogens is 475 g/mol. The largest absolute Gasteiger partial charge is 0.481 e. The molecule has 1 aromatic heterocycles. The maximum absolute atomic E-state index is 13.2. The highest BCUT2D eigenvalue weighted by atomic mass is 35.5. The van der Waals surface area contributed by atoms with Gasteiger partial charge in [-0.15, -0.1) is 12.4 Å². The maximum Gasteiger partial charge on any atom is 0.481 e. The van der Waals surface area contributed by atoms with E-state index in [9.17, 15) is 4.79 Å². The van der Waals surface area contributed by atoms with E-state index in [4.69, 9.17) is 15.0 Å². The van der Waals surface area contributed by atoms with Gasteiger partial charge in [0.1, 0.15) is 5.82 Å². The topological polar surface area (TPSA) is 91.4 Å². The Morgan fingerprint density at radius 3 is 2.69 bits per heavy atom. The van der Waals surface area contributed by atoms with Gasteiger partial charge in [0.25, 0.3) is 0 Å². The van der Waals surface area contributed by atoms with E-state index in [1.54, 1.807) is 6.20 Å². The molecule has 4 fully saturated rings. The molecule has 0 spiro atoms. The minimum atomic E-state index is -0.682. The number of rotatable bonds is 9. The molecule has 1 amide bonds. The normalized spacial score (nSPS) is 29.5. The van der Waals surface area contributed by atoms with Gasteiger partial charge in [-0.05, 0) is 61.8 Å². The number of hydrogen-bond donors (Lipinski definition) is 2. The van der Waals surface area contributed by atoms with Crippen LogP contribution >= 0.6 is 12.4 Å². The molecule has 196 valence electrons. The second-order valence-electron chi connectivity index (χ2n) is 11.6. The van der Waals surface area contributed by atoms with E-state index in [0.29, 0.717) is 18.3 Å². The van der Waals surface area contributed by atoms with Crippen LogP contribution in [0.5, 0.6) is 0 Å². The number of nitrogens with zero attached hydrogens (tertiary/aromatic N) is 2. The predicted molar refractivity (Wildman–Crippen MR) is 144 cm³/mol. The zero-order valence-corrected chi connectivity index (χ0v) is 22.7. The second-order valence-corrected chi connectivity index (χ2v) is 11.6. The van der Waals surface area contributed by atoms with Crippen molar-refractivity contribution < 1.29 is 14.1 Å². The smallest absolute Gasteiger partial charge is 0.404 e. The Labute approximate surface area is 221 Å². The van der Waals surface area contributed by atoms with Crippen LogP contribution in [0.3, 0.4) is 0 Å². The number of carbonyl (C=O) groups excluding carboxylic acids is 1. The number of carbonyl (C=O) groups is 1. The van der Waals surface area contributed by atoms with Gasteiger partial charge in [0.2, 0.25) is 5.91 Å². The van der Waals surface area contributed by atoms with Gasteiger partial charge in [-0.25, -0.2) is 4.98 Å². The van der Waals surface area contributed by atoms with Crippen LogP contribution in [-0.4, -0.2) is 46.3 Å². The highest BCUT2D eigenvalue weighted by Gasteiger charge is 2.68. The first-order valence-electron chi connectivity index (χ1n) is 13.1. The Kier molecular flexibility index (Phi) is 7.91. The highest BCUT2D eigenvalue weighted by molar-refractivity contribution is 6.47. The van der Waals surface area contributed by atoms with Crippen molar-refractivity contribution in [2.75, 3.05) is 0 Å². The molecule has 3 N–H and O–H groups in total. The minimum absolute atomic E-state index is 0. The summed E-state index contributed by atoms with van der Waals surface area (Å²) in [5.74, 6) is 1.53. The van der Waals surface area contributed by atoms with Crippen LogP contribution in [0.1, 0.15) is 57.8 Å². The summed E-state index contributed by atoms with van der Waals surface area (Å²) in [6, 6.07) is 9.76. The summed E-state index contributed by atoms with van der Waals surface area (Å²) in [5, 5.41) is 3.20. The van der Waals surface area contributed by atoms with Gasteiger partial charge < -0.3 is 24.9 Å². The lowest BCUT2D eigenvalue weighted by atomic mass is 9.43. The van der Waals surface area contributed by atoms with E-state index in [1.807, 2.05) is 23.9 Å². The Morgan fingerprint density at radius 1 is 1.28 bits per heavy atom. The van der Waals surface area contributed by atoms with Crippen LogP contribution < -0.4 is 11.1 Å². The number of halogens is 1. The molecule has 6 atom stereocenters. The summed E-state index contributed by atoms with van der Waals surface area (Å²) in [4.78, 5) is 17.5. The number of nitrogens with two attached hydrogens (primary N) is 1. The standard InChI is InChI=1S/C27H39BN4O3.ClH/c1-26(2)19-15-21(26)27(3)22(16-19)34-28(35-27)23(12-8-11-18-9-6-5-7-10-18)31-25(33)20(29)17-24-30-13-14-32(24)4;/h5-7,9-10,13-14,19-23H,8,11-12,15-17,29H2,1-4H3,(H,31,33);1H/t19-,20?,21-,22+,23-,27-;/m0./s1. The molecule has 7 nitrogen and oxygen atoms in total. The van der Waals surface area contributed by atoms with E-state index < -0.39 is 13.2 Å². The molecule has 1 aromatic carbocycles. The first-order chi connectivity index (χ1) is 16.7. The van der Waals surface area contributed by atoms with Gasteiger partial charge in [-0.2, -0.15) is 0 Å². The number of hydrogen-bond acceptors (Lipinski definition) is 5. The first kappa shape index (κ1) is 27.2. The molecular formula is C27H40BClN4O3. The molecule has 3 saturated carbocycles. The van der Waals surface area contributed by atoms with Crippen molar-refractivity contribution in [3.8, 4) is 0 Å². The molecule has 1 aliphatic heterocycles. The van der Waals surface area contributed by atoms with Gasteiger partial charge in [0.15, 0.2) is 0 Å². The van der Waals surface area contributed by atoms with Crippen LogP contribution in [0.4, 0.5) is 0 Å². The molecule has 9 heteroatoms. The van der Waals surface area contributed by atoms with Gasteiger partial charge in [-0.1, -0.05) is 44.2 Å². The summed E-state index contributed by atoms with van der Waals surface area (Å²) in [6.45, 7) is 6.94. The Morgan fingerprint density at radius 2 is 2.03 bits per heavy atom. The maximum atomic E-state index is 13.2. The zero-order valence-electron chi connectivity index (χ0n) is 21.9. The molecule has 2 bridgehead atoms. The van der Waals surface area contributed by atoms with E-state index >= 15 is 0 Å². The monoisotopic (exact) mass is 514 g/mol. The van der Waals surface area contributed by atoms with Crippen LogP contribution in [0, 0.1) is 17.3 Å². The molecule has 6 rings (SSSR count). The number of nitrogens with one attached hydrogen (secondary N) is 1. The van der Waals surface area contributed by atoms with Crippen LogP contribution in [0.15, 0.2) is 42.7 Å². The lowest BCUT2D eigenvalue weighted by molar-refractivity contribution is -0.199. The van der Waals surface area contributed by atoms with Crippen LogP contribution in [-0.2, 0) is 34.0 Å². The fourth-order valence-electron chi connectivity index (χ4n) is 6.69. The van der Waals surface area contributed by atoms with E-state index in [2.05, 4.69) is 55.3 Å². The molecule has 1 unspecified atom stereocenters. The summed E-state index contributed by atoms with van der Waals surface area (Å²) >= 11 is 0. The molecule has 2 heterocycles. The van der Waals surface area contributed by atoms with Crippen molar-refractivity contribution in [3.05, 3.63) is 54.1 Å². The number of amides is 1. The van der Waals surface area contributed by atoms with Crippen molar-refractivity contribution in [1.82, 2.24) is 14.9 Å². The quantitative estimate of drug-likeness (QED) is 0.500. The predicted octanol–water partition coefficient (Wildman–Crippen LogP) is 3.49. The molecule has 36 heavy (non-hydrogen) atoms. The lowest BCUT2D eigenvalue weighted by Gasteiger charge is -2.64. The SMILES string of the molecule is Cl.Cn1ccnc1CC(N)C(=O)N[C@@H](CCCc1ccccc1)B1O[C@@H]2C[C@@H]3C[C@@H](C3(C)C)[C@]2(C)O1. The number of aryl methyl sites for hydroxylation is 2. The number of aromatic nitrogens is 2. The van der Waals surface area contributed by atoms with Gasteiger partial charge in [-0.3, -0.25) is 4.79 Å². The third-order valence-electron chi connectivity index (χ3n) is 9.11. The van der Waals surface area contributed by atoms with Crippen molar-refractivity contribution >= 4 is 25.4 Å². The Balaban J connectivity index is 0.00000304. The average molecular weight is 515 g/mol. The summed E-state index contributed by atoms with van der Waals surface area (Å²) in [6.07, 6.45) is 8.92. The van der Waals surface area contributed by atoms with Gasteiger partial charge >= 0.3 is 7.12 Å². The Bertz CT molecular complexity index is 1050. The van der Waals surface area contributed by atoms with E-state index in [0.717, 1.165) is 31.5 Å². The number of benzene rings is 1. The van der Waals surface area contributed by atoms with Gasteiger partial charge in [0.05, 0.1) is 23.7 Å². The zero-order chi connectivity index (χ0) is 24.8. The van der Waals surface area contributed by atoms with Crippen LogP contribution in [0.25, 0.3) is 0 Å². The second kappa shape index (κ2) is 10.5. The summed E-state index contributed by atoms with van der Waals surface area (Å²) < 4.78 is 15.1. The third-order valence-corrected chi connectivity index (χ3v) is 9.11. The van der Waals surface area contributed by atoms with E-state index in [1.165, 1.54) is 12.0 Å². The fourth-order valence-corrected chi connectivity index (χ4v) is 6.69. The van der Waals surface area contributed by atoms with Gasteiger partial charge in [0, 0.05) is 25.9 Å². The Hall–Kier alpha value is -1.87. The molecule has 4 aliphatic rings. The van der Waals surface area contributed by atoms with Crippen molar-refractivity contribution in [2.45, 2.75) is 83.0 Å². The average Bonchev–Trinajstić information content (AvgIpc) is 3.40. The molecule has 0 radical (unpaired) electrons. The third kappa shape index (κ3) is 4.97. The summed E-state index contributed by atoms with van der Waals surface area (Å²) in [5.41, 5.74) is 7.57. The summed E-state index contributed by atoms with van der Waals surface area (Å²) in [7, 11) is 1.45. The van der Waals surface area contributed by atoms with Crippen molar-refractivity contribution in [3.63, 3.8) is 0 Å². The fraction of sp³-hybridized carbons (Fsp3) is 0.630. The number of imidazole rings is 1. The molecule has 3 aliphatic carbocycles. The van der Waals surface area contributed by atoms with Crippen molar-refractivity contribution in [1.29, 1.82) is 0 Å². The first-order valence-corrected chi connectivity index (χ1v) is 13.1. The molecule has 2 aromatic rings. The minimum Gasteiger partial charge on any atom is -0.404 e. The highest BCUT2D eigenvalue weighted by Crippen LogP contribution is 2.65.